The highest BCUT2D eigenvalue weighted by atomic mass is 16.5. The van der Waals surface area contributed by atoms with Gasteiger partial charge in [0, 0.05) is 7.05 Å². The van der Waals surface area contributed by atoms with Crippen molar-refractivity contribution in [2.45, 2.75) is 0 Å². The van der Waals surface area contributed by atoms with Crippen molar-refractivity contribution >= 4 is 5.91 Å². The number of ether oxygens (including phenoxy) is 1. The van der Waals surface area contributed by atoms with Crippen LogP contribution < -0.4 is 10.5 Å². The fourth-order valence-electron chi connectivity index (χ4n) is 0.811. The van der Waals surface area contributed by atoms with Crippen molar-refractivity contribution in [2.24, 2.45) is 12.8 Å². The zero-order chi connectivity index (χ0) is 8.43. The molecule has 1 aromatic heterocycles. The Morgan fingerprint density at radius 1 is 1.82 bits per heavy atom. The maximum absolute atomic E-state index is 10.7. The predicted molar refractivity (Wildman–Crippen MR) is 38.3 cm³/mol. The molecule has 0 saturated carbocycles. The molecule has 5 nitrogen and oxygen atoms in total. The Hall–Kier alpha value is -1.52. The molecule has 0 unspecified atom stereocenters. The van der Waals surface area contributed by atoms with Crippen LogP contribution in [0.5, 0.6) is 6.01 Å². The van der Waals surface area contributed by atoms with Gasteiger partial charge in [-0.2, -0.15) is 0 Å². The Balaban J connectivity index is 3.10. The molecule has 0 spiro atoms. The van der Waals surface area contributed by atoms with Crippen LogP contribution in [-0.2, 0) is 7.05 Å². The van der Waals surface area contributed by atoms with Crippen LogP contribution in [0.15, 0.2) is 6.20 Å². The molecule has 1 heterocycles. The van der Waals surface area contributed by atoms with E-state index in [0.717, 1.165) is 0 Å². The molecule has 0 aliphatic heterocycles. The fraction of sp³-hybridized carbons (Fsp3) is 0.333. The smallest absolute Gasteiger partial charge is 0.296 e. The topological polar surface area (TPSA) is 70.1 Å². The van der Waals surface area contributed by atoms with Gasteiger partial charge in [-0.15, -0.1) is 0 Å². The Kier molecular flexibility index (Phi) is 1.80. The molecule has 1 aromatic rings. The van der Waals surface area contributed by atoms with Gasteiger partial charge in [0.2, 0.25) is 0 Å². The van der Waals surface area contributed by atoms with Crippen LogP contribution in [0, 0.1) is 0 Å². The van der Waals surface area contributed by atoms with Crippen LogP contribution in [0.3, 0.4) is 0 Å². The average Bonchev–Trinajstić information content (AvgIpc) is 2.30. The summed E-state index contributed by atoms with van der Waals surface area (Å²) in [7, 11) is 3.14. The Morgan fingerprint density at radius 2 is 2.45 bits per heavy atom. The lowest BCUT2D eigenvalue weighted by molar-refractivity contribution is 0.0991. The Bertz CT molecular complexity index is 279. The molecule has 0 bridgehead atoms. The van der Waals surface area contributed by atoms with Gasteiger partial charge >= 0.3 is 0 Å². The van der Waals surface area contributed by atoms with Crippen molar-refractivity contribution < 1.29 is 9.53 Å². The van der Waals surface area contributed by atoms with Gasteiger partial charge in [0.05, 0.1) is 13.3 Å². The minimum atomic E-state index is -0.511. The van der Waals surface area contributed by atoms with Crippen molar-refractivity contribution in [3.8, 4) is 6.01 Å². The molecule has 60 valence electrons. The van der Waals surface area contributed by atoms with E-state index in [1.54, 1.807) is 7.05 Å². The Morgan fingerprint density at radius 3 is 2.73 bits per heavy atom. The highest BCUT2D eigenvalue weighted by Gasteiger charge is 2.09. The van der Waals surface area contributed by atoms with Crippen molar-refractivity contribution in [2.75, 3.05) is 7.11 Å². The van der Waals surface area contributed by atoms with Gasteiger partial charge in [0.15, 0.2) is 0 Å². The number of carbonyl (C=O) groups excluding carboxylic acids is 1. The van der Waals surface area contributed by atoms with E-state index >= 15 is 0 Å². The van der Waals surface area contributed by atoms with Gasteiger partial charge < -0.3 is 10.5 Å². The lowest BCUT2D eigenvalue weighted by atomic mass is 10.4. The van der Waals surface area contributed by atoms with Crippen molar-refractivity contribution in [3.63, 3.8) is 0 Å². The molecule has 1 rings (SSSR count). The first kappa shape index (κ1) is 7.59. The van der Waals surface area contributed by atoms with Crippen LogP contribution in [-0.4, -0.2) is 22.6 Å². The predicted octanol–water partition coefficient (Wildman–Crippen LogP) is -0.472. The van der Waals surface area contributed by atoms with Crippen LogP contribution >= 0.6 is 0 Å². The normalized spacial score (nSPS) is 9.64. The van der Waals surface area contributed by atoms with Gasteiger partial charge in [0.1, 0.15) is 5.69 Å². The molecule has 0 radical (unpaired) electrons. The number of hydrogen-bond donors (Lipinski definition) is 1. The summed E-state index contributed by atoms with van der Waals surface area (Å²) in [6.45, 7) is 0. The molecule has 0 saturated heterocycles. The molecule has 0 aromatic carbocycles. The van der Waals surface area contributed by atoms with Crippen molar-refractivity contribution in [3.05, 3.63) is 11.9 Å². The average molecular weight is 155 g/mol. The third-order valence-corrected chi connectivity index (χ3v) is 1.38. The summed E-state index contributed by atoms with van der Waals surface area (Å²) in [5, 5.41) is 0. The highest BCUT2D eigenvalue weighted by Crippen LogP contribution is 2.08. The second-order valence-electron chi connectivity index (χ2n) is 2.05. The molecule has 5 heteroatoms. The number of methoxy groups -OCH3 is 1. The molecular weight excluding hydrogens is 146 g/mol. The standard InChI is InChI=1S/C6H9N3O2/c1-9-4(5(7)10)3-8-6(9)11-2/h3H,1-2H3,(H2,7,10). The number of primary amides is 1. The second-order valence-corrected chi connectivity index (χ2v) is 2.05. The fourth-order valence-corrected chi connectivity index (χ4v) is 0.811. The quantitative estimate of drug-likeness (QED) is 0.627. The second kappa shape index (κ2) is 2.61. The van der Waals surface area contributed by atoms with E-state index in [1.165, 1.54) is 17.9 Å². The molecule has 0 aliphatic carbocycles. The number of nitrogens with two attached hydrogens (primary N) is 1. The number of imidazole rings is 1. The van der Waals surface area contributed by atoms with Crippen LogP contribution in [0.25, 0.3) is 0 Å². The molecule has 0 aliphatic rings. The molecule has 0 fully saturated rings. The van der Waals surface area contributed by atoms with E-state index in [-0.39, 0.29) is 0 Å². The van der Waals surface area contributed by atoms with E-state index in [9.17, 15) is 4.79 Å². The Labute approximate surface area is 63.8 Å². The zero-order valence-electron chi connectivity index (χ0n) is 6.37. The van der Waals surface area contributed by atoms with E-state index in [2.05, 4.69) is 4.98 Å². The van der Waals surface area contributed by atoms with Gasteiger partial charge in [-0.1, -0.05) is 0 Å². The highest BCUT2D eigenvalue weighted by molar-refractivity contribution is 5.91. The summed E-state index contributed by atoms with van der Waals surface area (Å²) in [6, 6.07) is 0.374. The third kappa shape index (κ3) is 1.17. The summed E-state index contributed by atoms with van der Waals surface area (Å²) >= 11 is 0. The number of carbonyl (C=O) groups is 1. The van der Waals surface area contributed by atoms with Crippen molar-refractivity contribution in [1.82, 2.24) is 9.55 Å². The number of aromatic nitrogens is 2. The maximum atomic E-state index is 10.7. The number of nitrogens with zero attached hydrogens (tertiary/aromatic N) is 2. The van der Waals surface area contributed by atoms with Gasteiger partial charge in [-0.25, -0.2) is 4.98 Å². The lowest BCUT2D eigenvalue weighted by Gasteiger charge is -1.99. The summed E-state index contributed by atoms with van der Waals surface area (Å²) in [5.41, 5.74) is 5.36. The first-order chi connectivity index (χ1) is 5.16. The molecule has 11 heavy (non-hydrogen) atoms. The molecule has 0 atom stereocenters. The molecule has 1 amide bonds. The molecule has 2 N–H and O–H groups in total. The van der Waals surface area contributed by atoms with Gasteiger partial charge in [-0.3, -0.25) is 9.36 Å². The number of amides is 1. The lowest BCUT2D eigenvalue weighted by Crippen LogP contribution is -2.15. The minimum absolute atomic E-state index is 0.335. The summed E-state index contributed by atoms with van der Waals surface area (Å²) < 4.78 is 6.31. The maximum Gasteiger partial charge on any atom is 0.296 e. The first-order valence-electron chi connectivity index (χ1n) is 3.02. The van der Waals surface area contributed by atoms with Gasteiger partial charge in [-0.05, 0) is 0 Å². The monoisotopic (exact) mass is 155 g/mol. The van der Waals surface area contributed by atoms with Gasteiger partial charge in [0.25, 0.3) is 11.9 Å². The first-order valence-corrected chi connectivity index (χ1v) is 3.02. The van der Waals surface area contributed by atoms with Crippen LogP contribution in [0.2, 0.25) is 0 Å². The zero-order valence-corrected chi connectivity index (χ0v) is 6.37. The van der Waals surface area contributed by atoms with E-state index in [1.807, 2.05) is 0 Å². The number of rotatable bonds is 2. The summed E-state index contributed by atoms with van der Waals surface area (Å²) in [6.07, 6.45) is 1.38. The van der Waals surface area contributed by atoms with E-state index in [4.69, 9.17) is 10.5 Å². The van der Waals surface area contributed by atoms with E-state index < -0.39 is 5.91 Å². The largest absolute Gasteiger partial charge is 0.468 e. The van der Waals surface area contributed by atoms with Crippen LogP contribution in [0.1, 0.15) is 10.5 Å². The SMILES string of the molecule is COc1ncc(C(N)=O)n1C. The summed E-state index contributed by atoms with van der Waals surface area (Å²) in [4.78, 5) is 14.5. The number of hydrogen-bond acceptors (Lipinski definition) is 3. The molecular formula is C6H9N3O2. The minimum Gasteiger partial charge on any atom is -0.468 e. The summed E-state index contributed by atoms with van der Waals surface area (Å²) in [5.74, 6) is -0.511. The van der Waals surface area contributed by atoms with Crippen molar-refractivity contribution in [1.29, 1.82) is 0 Å². The van der Waals surface area contributed by atoms with E-state index in [0.29, 0.717) is 11.7 Å². The van der Waals surface area contributed by atoms with Crippen LogP contribution in [0.4, 0.5) is 0 Å². The third-order valence-electron chi connectivity index (χ3n) is 1.38.